The topological polar surface area (TPSA) is 61.0 Å². The van der Waals surface area contributed by atoms with Gasteiger partial charge in [0.15, 0.2) is 0 Å². The van der Waals surface area contributed by atoms with Crippen molar-refractivity contribution in [2.45, 2.75) is 24.8 Å². The Morgan fingerprint density at radius 1 is 1.26 bits per heavy atom. The van der Waals surface area contributed by atoms with E-state index >= 15 is 0 Å². The Morgan fingerprint density at radius 2 is 2.11 bits per heavy atom. The summed E-state index contributed by atoms with van der Waals surface area (Å²) >= 11 is 0. The molecule has 1 aromatic heterocycles. The molecule has 4 nitrogen and oxygen atoms in total. The van der Waals surface area contributed by atoms with Gasteiger partial charge in [0.2, 0.25) is 5.88 Å². The molecule has 0 saturated heterocycles. The molecule has 2 aromatic rings. The predicted molar refractivity (Wildman–Crippen MR) is 73.0 cm³/mol. The van der Waals surface area contributed by atoms with E-state index in [0.717, 1.165) is 18.5 Å². The molecule has 19 heavy (non-hydrogen) atoms. The molecule has 0 amide bonds. The minimum Gasteiger partial charge on any atom is -0.480 e. The van der Waals surface area contributed by atoms with Crippen molar-refractivity contribution < 1.29 is 4.74 Å². The predicted octanol–water partition coefficient (Wildman–Crippen LogP) is 2.21. The van der Waals surface area contributed by atoms with Gasteiger partial charge in [-0.3, -0.25) is 0 Å². The van der Waals surface area contributed by atoms with Crippen LogP contribution in [0, 0.1) is 0 Å². The second kappa shape index (κ2) is 4.97. The fourth-order valence-corrected chi connectivity index (χ4v) is 2.64. The van der Waals surface area contributed by atoms with Crippen molar-refractivity contribution in [2.75, 3.05) is 7.11 Å². The molecule has 98 valence electrons. The molecule has 3 rings (SSSR count). The average molecular weight is 255 g/mol. The van der Waals surface area contributed by atoms with E-state index in [1.54, 1.807) is 13.2 Å². The zero-order chi connectivity index (χ0) is 13.2. The van der Waals surface area contributed by atoms with Gasteiger partial charge in [-0.05, 0) is 36.0 Å². The van der Waals surface area contributed by atoms with Crippen molar-refractivity contribution >= 4 is 0 Å². The molecule has 0 saturated carbocycles. The number of methoxy groups -OCH3 is 1. The number of hydrogen-bond acceptors (Lipinski definition) is 4. The minimum atomic E-state index is -0.0724. The van der Waals surface area contributed by atoms with Crippen LogP contribution in [0.15, 0.2) is 36.4 Å². The van der Waals surface area contributed by atoms with E-state index in [4.69, 9.17) is 10.5 Å². The minimum absolute atomic E-state index is 0.0724. The van der Waals surface area contributed by atoms with Crippen molar-refractivity contribution in [1.82, 2.24) is 10.2 Å². The summed E-state index contributed by atoms with van der Waals surface area (Å²) in [5.74, 6) is 1.07. The fraction of sp³-hybridized carbons (Fsp3) is 0.333. The van der Waals surface area contributed by atoms with Gasteiger partial charge in [-0.1, -0.05) is 24.3 Å². The van der Waals surface area contributed by atoms with Gasteiger partial charge in [0.1, 0.15) is 0 Å². The normalized spacial score (nSPS) is 18.3. The summed E-state index contributed by atoms with van der Waals surface area (Å²) in [4.78, 5) is 0. The summed E-state index contributed by atoms with van der Waals surface area (Å²) in [6.45, 7) is 0. The third kappa shape index (κ3) is 2.31. The number of hydrogen-bond donors (Lipinski definition) is 1. The average Bonchev–Trinajstić information content (AvgIpc) is 2.44. The Bertz CT molecular complexity index is 568. The number of fused-ring (bicyclic) bond motifs is 1. The van der Waals surface area contributed by atoms with Crippen LogP contribution in [0.2, 0.25) is 0 Å². The van der Waals surface area contributed by atoms with Crippen LogP contribution in [0.3, 0.4) is 0 Å². The van der Waals surface area contributed by atoms with E-state index in [2.05, 4.69) is 34.5 Å². The van der Waals surface area contributed by atoms with Crippen LogP contribution in [-0.4, -0.2) is 17.3 Å². The first-order chi connectivity index (χ1) is 9.28. The van der Waals surface area contributed by atoms with E-state index in [9.17, 15) is 0 Å². The number of nitrogens with two attached hydrogens (primary N) is 1. The highest BCUT2D eigenvalue weighted by Crippen LogP contribution is 2.39. The lowest BCUT2D eigenvalue weighted by molar-refractivity contribution is 0.389. The molecule has 1 aliphatic carbocycles. The molecule has 0 radical (unpaired) electrons. The number of benzene rings is 1. The van der Waals surface area contributed by atoms with Crippen LogP contribution in [0.25, 0.3) is 0 Å². The highest BCUT2D eigenvalue weighted by Gasteiger charge is 2.27. The van der Waals surface area contributed by atoms with E-state index in [-0.39, 0.29) is 6.04 Å². The SMILES string of the molecule is COc1ccc(C(N)CC2Cc3ccccc32)nn1. The smallest absolute Gasteiger partial charge is 0.233 e. The first-order valence-corrected chi connectivity index (χ1v) is 6.49. The van der Waals surface area contributed by atoms with Crippen molar-refractivity contribution in [1.29, 1.82) is 0 Å². The third-order valence-electron chi connectivity index (χ3n) is 3.75. The molecule has 0 fully saturated rings. The highest BCUT2D eigenvalue weighted by molar-refractivity contribution is 5.40. The van der Waals surface area contributed by atoms with Gasteiger partial charge in [-0.15, -0.1) is 5.10 Å². The van der Waals surface area contributed by atoms with Gasteiger partial charge >= 0.3 is 0 Å². The molecule has 2 atom stereocenters. The summed E-state index contributed by atoms with van der Waals surface area (Å²) < 4.78 is 4.99. The van der Waals surface area contributed by atoms with Gasteiger partial charge < -0.3 is 10.5 Å². The maximum Gasteiger partial charge on any atom is 0.233 e. The number of rotatable bonds is 4. The van der Waals surface area contributed by atoms with Crippen LogP contribution < -0.4 is 10.5 Å². The molecule has 0 aliphatic heterocycles. The van der Waals surface area contributed by atoms with Gasteiger partial charge in [-0.25, -0.2) is 0 Å². The lowest BCUT2D eigenvalue weighted by Gasteiger charge is -2.31. The lowest BCUT2D eigenvalue weighted by atomic mass is 9.74. The van der Waals surface area contributed by atoms with Gasteiger partial charge in [0, 0.05) is 12.1 Å². The zero-order valence-corrected chi connectivity index (χ0v) is 10.9. The van der Waals surface area contributed by atoms with E-state index in [1.165, 1.54) is 11.1 Å². The Kier molecular flexibility index (Phi) is 3.17. The van der Waals surface area contributed by atoms with Crippen molar-refractivity contribution in [3.8, 4) is 5.88 Å². The molecule has 1 aliphatic rings. The first kappa shape index (κ1) is 12.1. The molecule has 2 unspecified atom stereocenters. The molecule has 0 spiro atoms. The summed E-state index contributed by atoms with van der Waals surface area (Å²) in [5.41, 5.74) is 9.91. The van der Waals surface area contributed by atoms with Crippen molar-refractivity contribution in [2.24, 2.45) is 5.73 Å². The second-order valence-corrected chi connectivity index (χ2v) is 4.94. The van der Waals surface area contributed by atoms with Crippen molar-refractivity contribution in [3.05, 3.63) is 53.2 Å². The van der Waals surface area contributed by atoms with Gasteiger partial charge in [0.25, 0.3) is 0 Å². The second-order valence-electron chi connectivity index (χ2n) is 4.94. The van der Waals surface area contributed by atoms with Crippen LogP contribution in [0.4, 0.5) is 0 Å². The van der Waals surface area contributed by atoms with Gasteiger partial charge in [-0.2, -0.15) is 5.10 Å². The molecular formula is C15H17N3O. The maximum absolute atomic E-state index is 6.21. The summed E-state index contributed by atoms with van der Waals surface area (Å²) in [5, 5.41) is 8.08. The summed E-state index contributed by atoms with van der Waals surface area (Å²) in [7, 11) is 1.58. The Balaban J connectivity index is 1.67. The van der Waals surface area contributed by atoms with E-state index in [1.807, 2.05) is 6.07 Å². The molecule has 2 N–H and O–H groups in total. The maximum atomic E-state index is 6.21. The monoisotopic (exact) mass is 255 g/mol. The van der Waals surface area contributed by atoms with E-state index in [0.29, 0.717) is 11.8 Å². The molecular weight excluding hydrogens is 238 g/mol. The van der Waals surface area contributed by atoms with Gasteiger partial charge in [0.05, 0.1) is 12.8 Å². The Hall–Kier alpha value is -1.94. The van der Waals surface area contributed by atoms with E-state index < -0.39 is 0 Å². The van der Waals surface area contributed by atoms with Crippen LogP contribution >= 0.6 is 0 Å². The Labute approximate surface area is 112 Å². The quantitative estimate of drug-likeness (QED) is 0.910. The number of nitrogens with zero attached hydrogens (tertiary/aromatic N) is 2. The Morgan fingerprint density at radius 3 is 2.79 bits per heavy atom. The molecule has 4 heteroatoms. The van der Waals surface area contributed by atoms with Crippen LogP contribution in [0.5, 0.6) is 5.88 Å². The summed E-state index contributed by atoms with van der Waals surface area (Å²) in [6, 6.07) is 12.2. The van der Waals surface area contributed by atoms with Crippen LogP contribution in [-0.2, 0) is 6.42 Å². The molecule has 1 heterocycles. The number of aromatic nitrogens is 2. The standard InChI is InChI=1S/C15H17N3O/c1-19-15-7-6-14(17-18-15)13(16)9-11-8-10-4-2-3-5-12(10)11/h2-7,11,13H,8-9,16H2,1H3. The number of ether oxygens (including phenoxy) is 1. The van der Waals surface area contributed by atoms with Crippen LogP contribution in [0.1, 0.15) is 35.2 Å². The molecule has 0 bridgehead atoms. The first-order valence-electron chi connectivity index (χ1n) is 6.49. The zero-order valence-electron chi connectivity index (χ0n) is 10.9. The fourth-order valence-electron chi connectivity index (χ4n) is 2.64. The largest absolute Gasteiger partial charge is 0.480 e. The highest BCUT2D eigenvalue weighted by atomic mass is 16.5. The van der Waals surface area contributed by atoms with Crippen molar-refractivity contribution in [3.63, 3.8) is 0 Å². The third-order valence-corrected chi connectivity index (χ3v) is 3.75. The molecule has 1 aromatic carbocycles. The lowest BCUT2D eigenvalue weighted by Crippen LogP contribution is -2.23. The summed E-state index contributed by atoms with van der Waals surface area (Å²) in [6.07, 6.45) is 2.03.